The van der Waals surface area contributed by atoms with Crippen LogP contribution in [0, 0.1) is 0 Å². The molecule has 2 N–H and O–H groups in total. The fraction of sp³-hybridized carbons (Fsp3) is 1.00. The van der Waals surface area contributed by atoms with Crippen molar-refractivity contribution in [3.8, 4) is 0 Å². The van der Waals surface area contributed by atoms with E-state index in [0.29, 0.717) is 2.96 Å². The van der Waals surface area contributed by atoms with E-state index in [4.69, 9.17) is 5.73 Å². The van der Waals surface area contributed by atoms with Crippen LogP contribution in [0.4, 0.5) is 0 Å². The van der Waals surface area contributed by atoms with Gasteiger partial charge in [0.15, 0.2) is 0 Å². The summed E-state index contributed by atoms with van der Waals surface area (Å²) in [6, 6.07) is 0. The Labute approximate surface area is 52.6 Å². The summed E-state index contributed by atoms with van der Waals surface area (Å²) in [7, 11) is 0. The Morgan fingerprint density at radius 2 is 2.20 bits per heavy atom. The van der Waals surface area contributed by atoms with Crippen LogP contribution in [-0.4, -0.2) is 34.2 Å². The Morgan fingerprint density at radius 1 is 2.00 bits per heavy atom. The fourth-order valence-corrected chi connectivity index (χ4v) is 0. The van der Waals surface area contributed by atoms with Crippen LogP contribution in [0.15, 0.2) is 0 Å². The standard InChI is InChI=1S/C2H6NS.Bi/c3-1-2-4;/h2,4H,1,3H2;. The monoisotopic (exact) mass is 285 g/mol. The van der Waals surface area contributed by atoms with E-state index in [1.54, 1.807) is 0 Å². The minimum absolute atomic E-state index is 0.468. The summed E-state index contributed by atoms with van der Waals surface area (Å²) in [5, 5.41) is 0. The third kappa shape index (κ3) is 5.19. The Kier molecular flexibility index (Phi) is 4.19. The Morgan fingerprint density at radius 3 is 2.20 bits per heavy atom. The van der Waals surface area contributed by atoms with Crippen molar-refractivity contribution in [2.75, 3.05) is 6.54 Å². The van der Waals surface area contributed by atoms with Crippen LogP contribution in [0.25, 0.3) is 0 Å². The summed E-state index contributed by atoms with van der Waals surface area (Å²) in [5.74, 6) is 0. The summed E-state index contributed by atoms with van der Waals surface area (Å²) in [6.45, 7) is 0.719. The van der Waals surface area contributed by atoms with Crippen molar-refractivity contribution in [3.05, 3.63) is 0 Å². The topological polar surface area (TPSA) is 26.0 Å². The van der Waals surface area contributed by atoms with Crippen LogP contribution in [-0.2, 0) is 0 Å². The zero-order chi connectivity index (χ0) is 4.28. The second kappa shape index (κ2) is 3.39. The van der Waals surface area contributed by atoms with Gasteiger partial charge in [-0.25, -0.2) is 0 Å². The van der Waals surface area contributed by atoms with Crippen LogP contribution in [0.5, 0.6) is 0 Å². The normalized spacial score (nSPS) is 15.0. The first-order valence-corrected chi connectivity index (χ1v) is 3.86. The van der Waals surface area contributed by atoms with Crippen LogP contribution in [0.2, 0.25) is 0 Å². The van der Waals surface area contributed by atoms with Crippen molar-refractivity contribution < 1.29 is 0 Å². The average molecular weight is 285 g/mol. The molecule has 1 unspecified atom stereocenters. The van der Waals surface area contributed by atoms with E-state index >= 15 is 0 Å². The van der Waals surface area contributed by atoms with Gasteiger partial charge in [0, 0.05) is 0 Å². The van der Waals surface area contributed by atoms with Gasteiger partial charge < -0.3 is 0 Å². The van der Waals surface area contributed by atoms with Crippen molar-refractivity contribution >= 4 is 37.3 Å². The molecule has 0 aliphatic heterocycles. The van der Waals surface area contributed by atoms with E-state index in [-0.39, 0.29) is 0 Å². The maximum absolute atomic E-state index is 5.12. The first-order valence-electron chi connectivity index (χ1n) is 1.33. The molecule has 0 rings (SSSR count). The molecule has 0 aromatic heterocycles. The number of rotatable bonds is 1. The van der Waals surface area contributed by atoms with Crippen molar-refractivity contribution in [2.24, 2.45) is 5.73 Å². The number of nitrogens with two attached hydrogens (primary N) is 1. The molecule has 0 aliphatic rings. The van der Waals surface area contributed by atoms with Crippen molar-refractivity contribution in [1.29, 1.82) is 0 Å². The van der Waals surface area contributed by atoms with E-state index in [1.165, 1.54) is 24.7 Å². The molecule has 0 aliphatic carbocycles. The number of hydrogen-bond acceptors (Lipinski definition) is 2. The molecule has 0 aromatic rings. The molecule has 0 saturated heterocycles. The molecule has 0 heterocycles. The zero-order valence-corrected chi connectivity index (χ0v) is 7.13. The Bertz CT molecular complexity index is 23.6. The summed E-state index contributed by atoms with van der Waals surface area (Å²) < 4.78 is 0.468. The number of hydrogen-bond donors (Lipinski definition) is 2. The zero-order valence-electron chi connectivity index (χ0n) is 2.76. The van der Waals surface area contributed by atoms with Gasteiger partial charge in [0.2, 0.25) is 0 Å². The van der Waals surface area contributed by atoms with Gasteiger partial charge in [0.25, 0.3) is 0 Å². The van der Waals surface area contributed by atoms with E-state index in [1.807, 2.05) is 0 Å². The summed E-state index contributed by atoms with van der Waals surface area (Å²) >= 11 is 5.30. The van der Waals surface area contributed by atoms with Crippen LogP contribution in [0.1, 0.15) is 0 Å². The first kappa shape index (κ1) is 6.19. The predicted octanol–water partition coefficient (Wildman–Crippen LogP) is -0.631. The van der Waals surface area contributed by atoms with Gasteiger partial charge in [-0.15, -0.1) is 0 Å². The molecule has 0 aromatic carbocycles. The molecule has 5 heavy (non-hydrogen) atoms. The molecule has 30 valence electrons. The average Bonchev–Trinajstić information content (AvgIpc) is 1.38. The molecule has 0 bridgehead atoms. The van der Waals surface area contributed by atoms with Crippen LogP contribution in [0.3, 0.4) is 0 Å². The molecule has 1 atom stereocenters. The van der Waals surface area contributed by atoms with Crippen molar-refractivity contribution in [1.82, 2.24) is 0 Å². The molecule has 3 heteroatoms. The predicted molar refractivity (Wildman–Crippen MR) is 27.6 cm³/mol. The molecular weight excluding hydrogens is 279 g/mol. The second-order valence-electron chi connectivity index (χ2n) is 0.716. The molecule has 0 fully saturated rings. The summed E-state index contributed by atoms with van der Waals surface area (Å²) in [6.07, 6.45) is 0. The molecule has 0 spiro atoms. The van der Waals surface area contributed by atoms with E-state index in [0.717, 1.165) is 6.54 Å². The Hall–Kier alpha value is 1.19. The molecule has 2 radical (unpaired) electrons. The van der Waals surface area contributed by atoms with Gasteiger partial charge in [-0.1, -0.05) is 0 Å². The van der Waals surface area contributed by atoms with Crippen molar-refractivity contribution in [2.45, 2.75) is 2.96 Å². The minimum atomic E-state index is 0.468. The summed E-state index contributed by atoms with van der Waals surface area (Å²) in [5.41, 5.74) is 5.12. The summed E-state index contributed by atoms with van der Waals surface area (Å²) in [4.78, 5) is 0. The van der Waals surface area contributed by atoms with Gasteiger partial charge >= 0.3 is 52.6 Å². The fourth-order valence-electron chi connectivity index (χ4n) is 0. The molecule has 0 amide bonds. The molecule has 1 nitrogen and oxygen atoms in total. The van der Waals surface area contributed by atoms with E-state index in [2.05, 4.69) is 12.6 Å². The quantitative estimate of drug-likeness (QED) is 0.487. The van der Waals surface area contributed by atoms with Crippen LogP contribution >= 0.6 is 12.6 Å². The van der Waals surface area contributed by atoms with Crippen LogP contribution < -0.4 is 5.73 Å². The van der Waals surface area contributed by atoms with Crippen molar-refractivity contribution in [3.63, 3.8) is 0 Å². The van der Waals surface area contributed by atoms with Gasteiger partial charge in [-0.3, -0.25) is 0 Å². The third-order valence-corrected chi connectivity index (χ3v) is 1.24. The van der Waals surface area contributed by atoms with Gasteiger partial charge in [0.1, 0.15) is 0 Å². The molecular formula is C2H6BiNS. The van der Waals surface area contributed by atoms with E-state index in [9.17, 15) is 0 Å². The van der Waals surface area contributed by atoms with Gasteiger partial charge in [0.05, 0.1) is 0 Å². The SMILES string of the molecule is NC[CH](S)[Bi]. The Balaban J connectivity index is 2.54. The third-order valence-electron chi connectivity index (χ3n) is 0.211. The number of thiol groups is 1. The first-order chi connectivity index (χ1) is 2.27. The van der Waals surface area contributed by atoms with Gasteiger partial charge in [-0.2, -0.15) is 0 Å². The maximum atomic E-state index is 5.12. The van der Waals surface area contributed by atoms with Gasteiger partial charge in [-0.05, 0) is 0 Å². The second-order valence-corrected chi connectivity index (χ2v) is 5.43. The molecule has 0 saturated carbocycles. The van der Waals surface area contributed by atoms with E-state index < -0.39 is 0 Å².